The lowest BCUT2D eigenvalue weighted by atomic mass is 10.1. The second-order valence-electron chi connectivity index (χ2n) is 5.67. The zero-order valence-corrected chi connectivity index (χ0v) is 15.4. The fourth-order valence-electron chi connectivity index (χ4n) is 2.26. The maximum absolute atomic E-state index is 12.3. The molecule has 0 aliphatic heterocycles. The van der Waals surface area contributed by atoms with Gasteiger partial charge in [-0.05, 0) is 26.0 Å². The highest BCUT2D eigenvalue weighted by Gasteiger charge is 2.27. The summed E-state index contributed by atoms with van der Waals surface area (Å²) in [6, 6.07) is 8.13. The number of carbonyl (C=O) groups excluding carboxylic acids is 2. The lowest BCUT2D eigenvalue weighted by Gasteiger charge is -2.14. The monoisotopic (exact) mass is 407 g/mol. The molecule has 2 rings (SSSR count). The van der Waals surface area contributed by atoms with Crippen LogP contribution in [0.1, 0.15) is 22.8 Å². The molecule has 0 aliphatic carbocycles. The summed E-state index contributed by atoms with van der Waals surface area (Å²) in [6.07, 6.45) is -1.29. The molecule has 0 aromatic heterocycles. The summed E-state index contributed by atoms with van der Waals surface area (Å²) < 4.78 is 4.98. The van der Waals surface area contributed by atoms with Crippen LogP contribution in [-0.4, -0.2) is 27.8 Å². The molecule has 10 nitrogen and oxygen atoms in total. The van der Waals surface area contributed by atoms with Crippen molar-refractivity contribution in [2.45, 2.75) is 20.0 Å². The summed E-state index contributed by atoms with van der Waals surface area (Å²) in [5.74, 6) is -1.81. The van der Waals surface area contributed by atoms with E-state index in [1.807, 2.05) is 0 Å². The first-order chi connectivity index (χ1) is 13.1. The molecule has 11 heteroatoms. The third kappa shape index (κ3) is 4.60. The number of benzene rings is 2. The largest absolute Gasteiger partial charge is 0.449 e. The minimum absolute atomic E-state index is 0.198. The fourth-order valence-corrected chi connectivity index (χ4v) is 2.44. The molecule has 1 atom stereocenters. The van der Waals surface area contributed by atoms with Gasteiger partial charge in [-0.3, -0.25) is 25.0 Å². The van der Waals surface area contributed by atoms with Crippen molar-refractivity contribution < 1.29 is 24.2 Å². The van der Waals surface area contributed by atoms with E-state index in [4.69, 9.17) is 16.3 Å². The number of nitrogens with zero attached hydrogens (tertiary/aromatic N) is 2. The molecule has 0 bridgehead atoms. The molecule has 0 saturated heterocycles. The standard InChI is InChI=1S/C17H14ClN3O7/c1-9-14(20(24)25)7-11(8-15(9)21(26)27)17(23)28-10(2)16(22)19-13-6-4-3-5-12(13)18/h3-8,10H,1-2H3,(H,19,22)/t10-/m1/s1. The Hall–Kier alpha value is -3.53. The van der Waals surface area contributed by atoms with Gasteiger partial charge in [0, 0.05) is 12.1 Å². The maximum Gasteiger partial charge on any atom is 0.339 e. The van der Waals surface area contributed by atoms with Crippen molar-refractivity contribution in [3.05, 3.63) is 72.8 Å². The molecule has 0 fully saturated rings. The van der Waals surface area contributed by atoms with Gasteiger partial charge in [0.15, 0.2) is 6.10 Å². The van der Waals surface area contributed by atoms with Crippen molar-refractivity contribution in [1.82, 2.24) is 0 Å². The third-order valence-electron chi connectivity index (χ3n) is 3.77. The van der Waals surface area contributed by atoms with Crippen molar-refractivity contribution in [1.29, 1.82) is 0 Å². The summed E-state index contributed by atoms with van der Waals surface area (Å²) in [5.41, 5.74) is -1.51. The van der Waals surface area contributed by atoms with Crippen LogP contribution in [0.2, 0.25) is 5.02 Å². The number of nitro benzene ring substituents is 2. The number of hydrogen-bond donors (Lipinski definition) is 1. The second kappa shape index (κ2) is 8.44. The van der Waals surface area contributed by atoms with Gasteiger partial charge in [0.05, 0.1) is 26.1 Å². The highest BCUT2D eigenvalue weighted by atomic mass is 35.5. The van der Waals surface area contributed by atoms with E-state index in [2.05, 4.69) is 5.32 Å². The van der Waals surface area contributed by atoms with Crippen molar-refractivity contribution in [2.24, 2.45) is 0 Å². The molecule has 0 unspecified atom stereocenters. The Morgan fingerprint density at radius 3 is 2.14 bits per heavy atom. The first-order valence-corrected chi connectivity index (χ1v) is 8.19. The number of anilines is 1. The van der Waals surface area contributed by atoms with Crippen LogP contribution in [0, 0.1) is 27.2 Å². The minimum atomic E-state index is -1.29. The molecular formula is C17H14ClN3O7. The van der Waals surface area contributed by atoms with Gasteiger partial charge in [0.2, 0.25) is 0 Å². The number of halogens is 1. The van der Waals surface area contributed by atoms with Gasteiger partial charge in [-0.25, -0.2) is 4.79 Å². The predicted molar refractivity (Wildman–Crippen MR) is 99.4 cm³/mol. The molecular weight excluding hydrogens is 394 g/mol. The van der Waals surface area contributed by atoms with Gasteiger partial charge in [-0.1, -0.05) is 23.7 Å². The zero-order chi connectivity index (χ0) is 21.0. The zero-order valence-electron chi connectivity index (χ0n) is 14.7. The van der Waals surface area contributed by atoms with Gasteiger partial charge in [0.1, 0.15) is 5.56 Å². The summed E-state index contributed by atoms with van der Waals surface area (Å²) in [5, 5.41) is 24.9. The number of amides is 1. The Labute approximate surface area is 163 Å². The van der Waals surface area contributed by atoms with E-state index in [9.17, 15) is 29.8 Å². The lowest BCUT2D eigenvalue weighted by molar-refractivity contribution is -0.395. The minimum Gasteiger partial charge on any atom is -0.449 e. The fraction of sp³-hybridized carbons (Fsp3) is 0.176. The van der Waals surface area contributed by atoms with E-state index in [1.165, 1.54) is 13.8 Å². The molecule has 146 valence electrons. The summed E-state index contributed by atoms with van der Waals surface area (Å²) >= 11 is 5.93. The average molecular weight is 408 g/mol. The Kier molecular flexibility index (Phi) is 6.26. The number of hydrogen-bond acceptors (Lipinski definition) is 7. The topological polar surface area (TPSA) is 142 Å². The van der Waals surface area contributed by atoms with E-state index in [1.54, 1.807) is 24.3 Å². The summed E-state index contributed by atoms with van der Waals surface area (Å²) in [6.45, 7) is 2.48. The Morgan fingerprint density at radius 2 is 1.64 bits per heavy atom. The highest BCUT2D eigenvalue weighted by Crippen LogP contribution is 2.30. The first kappa shape index (κ1) is 20.8. The summed E-state index contributed by atoms with van der Waals surface area (Å²) in [4.78, 5) is 44.9. The van der Waals surface area contributed by atoms with Gasteiger partial charge in [-0.15, -0.1) is 0 Å². The number of nitrogens with one attached hydrogen (secondary N) is 1. The van der Waals surface area contributed by atoms with E-state index >= 15 is 0 Å². The van der Waals surface area contributed by atoms with Crippen LogP contribution in [0.25, 0.3) is 0 Å². The number of carbonyl (C=O) groups is 2. The Balaban J connectivity index is 2.22. The van der Waals surface area contributed by atoms with Crippen LogP contribution in [0.5, 0.6) is 0 Å². The van der Waals surface area contributed by atoms with Gasteiger partial charge in [0.25, 0.3) is 17.3 Å². The van der Waals surface area contributed by atoms with Crippen LogP contribution in [0.15, 0.2) is 36.4 Å². The van der Waals surface area contributed by atoms with Gasteiger partial charge >= 0.3 is 5.97 Å². The van der Waals surface area contributed by atoms with E-state index in [0.29, 0.717) is 5.69 Å². The van der Waals surface area contributed by atoms with Crippen LogP contribution in [-0.2, 0) is 9.53 Å². The summed E-state index contributed by atoms with van der Waals surface area (Å²) in [7, 11) is 0. The van der Waals surface area contributed by atoms with Crippen LogP contribution >= 0.6 is 11.6 Å². The van der Waals surface area contributed by atoms with Crippen molar-refractivity contribution >= 4 is 40.5 Å². The molecule has 0 aliphatic rings. The molecule has 0 spiro atoms. The third-order valence-corrected chi connectivity index (χ3v) is 4.10. The molecule has 1 amide bonds. The van der Waals surface area contributed by atoms with Crippen molar-refractivity contribution in [3.63, 3.8) is 0 Å². The molecule has 0 radical (unpaired) electrons. The molecule has 1 N–H and O–H groups in total. The molecule has 0 heterocycles. The molecule has 2 aromatic rings. The van der Waals surface area contributed by atoms with E-state index < -0.39 is 44.8 Å². The van der Waals surface area contributed by atoms with Crippen molar-refractivity contribution in [3.8, 4) is 0 Å². The van der Waals surface area contributed by atoms with Crippen LogP contribution in [0.4, 0.5) is 17.1 Å². The molecule has 28 heavy (non-hydrogen) atoms. The van der Waals surface area contributed by atoms with Gasteiger partial charge < -0.3 is 10.1 Å². The quantitative estimate of drug-likeness (QED) is 0.437. The number of esters is 1. The molecule has 0 saturated carbocycles. The average Bonchev–Trinajstić information content (AvgIpc) is 2.63. The maximum atomic E-state index is 12.3. The smallest absolute Gasteiger partial charge is 0.339 e. The van der Waals surface area contributed by atoms with Gasteiger partial charge in [-0.2, -0.15) is 0 Å². The first-order valence-electron chi connectivity index (χ1n) is 7.81. The van der Waals surface area contributed by atoms with Crippen LogP contribution in [0.3, 0.4) is 0 Å². The Morgan fingerprint density at radius 1 is 1.11 bits per heavy atom. The number of rotatable bonds is 6. The van der Waals surface area contributed by atoms with Crippen molar-refractivity contribution in [2.75, 3.05) is 5.32 Å². The highest BCUT2D eigenvalue weighted by molar-refractivity contribution is 6.33. The lowest BCUT2D eigenvalue weighted by Crippen LogP contribution is -2.30. The SMILES string of the molecule is Cc1c([N+](=O)[O-])cc(C(=O)O[C@H](C)C(=O)Nc2ccccc2Cl)cc1[N+](=O)[O-]. The predicted octanol–water partition coefficient (Wildman–Crippen LogP) is 3.65. The Bertz CT molecular complexity index is 942. The molecule has 2 aromatic carbocycles. The number of ether oxygens (including phenoxy) is 1. The number of nitro groups is 2. The second-order valence-corrected chi connectivity index (χ2v) is 6.08. The van der Waals surface area contributed by atoms with E-state index in [-0.39, 0.29) is 10.6 Å². The van der Waals surface area contributed by atoms with E-state index in [0.717, 1.165) is 12.1 Å². The van der Waals surface area contributed by atoms with Crippen LogP contribution < -0.4 is 5.32 Å². The normalized spacial score (nSPS) is 11.4. The number of para-hydroxylation sites is 1.